The van der Waals surface area contributed by atoms with Gasteiger partial charge >= 0.3 is 12.3 Å². The van der Waals surface area contributed by atoms with Crippen LogP contribution in [0, 0.1) is 5.82 Å². The third-order valence-electron chi connectivity index (χ3n) is 7.47. The predicted octanol–water partition coefficient (Wildman–Crippen LogP) is 4.21. The maximum absolute atomic E-state index is 13.6. The number of anilines is 1. The van der Waals surface area contributed by atoms with Gasteiger partial charge in [-0.15, -0.1) is 0 Å². The highest BCUT2D eigenvalue weighted by atomic mass is 19.4. The minimum absolute atomic E-state index is 0.0794. The van der Waals surface area contributed by atoms with Crippen LogP contribution in [0.15, 0.2) is 42.5 Å². The zero-order valence-electron chi connectivity index (χ0n) is 23.5. The highest BCUT2D eigenvalue weighted by Gasteiger charge is 2.58. The van der Waals surface area contributed by atoms with Gasteiger partial charge in [-0.05, 0) is 75.8 Å². The largest absolute Gasteiger partial charge is 0.427 e. The van der Waals surface area contributed by atoms with E-state index in [4.69, 9.17) is 4.74 Å². The lowest BCUT2D eigenvalue weighted by Crippen LogP contribution is -2.51. The van der Waals surface area contributed by atoms with E-state index in [9.17, 15) is 36.7 Å². The molecule has 4 rings (SSSR count). The third kappa shape index (κ3) is 6.56. The quantitative estimate of drug-likeness (QED) is 0.416. The molecule has 2 aromatic rings. The fourth-order valence-corrected chi connectivity index (χ4v) is 5.14. The van der Waals surface area contributed by atoms with Crippen molar-refractivity contribution < 1.29 is 41.5 Å². The van der Waals surface area contributed by atoms with Crippen molar-refractivity contribution in [3.63, 3.8) is 0 Å². The smallest absolute Gasteiger partial charge is 0.418 e. The van der Waals surface area contributed by atoms with Crippen molar-refractivity contribution in [2.24, 2.45) is 0 Å². The molecule has 0 saturated carbocycles. The lowest BCUT2D eigenvalue weighted by molar-refractivity contribution is -0.187. The Balaban J connectivity index is 1.49. The Morgan fingerprint density at radius 1 is 1.12 bits per heavy atom. The molecule has 42 heavy (non-hydrogen) atoms. The van der Waals surface area contributed by atoms with E-state index in [2.05, 4.69) is 5.32 Å². The zero-order chi connectivity index (χ0) is 30.8. The minimum atomic E-state index is -4.80. The second-order valence-electron chi connectivity index (χ2n) is 10.8. The molecule has 2 aliphatic rings. The number of halogens is 4. The molecule has 0 bridgehead atoms. The Labute approximate surface area is 240 Å². The fraction of sp³-hybridized carbons (Fsp3) is 0.448. The monoisotopic (exact) mass is 592 g/mol. The van der Waals surface area contributed by atoms with Gasteiger partial charge in [0.2, 0.25) is 17.4 Å². The van der Waals surface area contributed by atoms with E-state index in [1.165, 1.54) is 12.1 Å². The number of hydrogen-bond donors (Lipinski definition) is 1. The number of carbonyl (C=O) groups is 4. The molecule has 4 amide bonds. The molecule has 1 aliphatic carbocycles. The summed E-state index contributed by atoms with van der Waals surface area (Å²) < 4.78 is 59.8. The highest BCUT2D eigenvalue weighted by Crippen LogP contribution is 2.46. The van der Waals surface area contributed by atoms with Crippen LogP contribution in [0.2, 0.25) is 0 Å². The van der Waals surface area contributed by atoms with Crippen molar-refractivity contribution in [3.05, 3.63) is 65.0 Å². The molecule has 1 saturated heterocycles. The van der Waals surface area contributed by atoms with Crippen molar-refractivity contribution in [2.45, 2.75) is 57.0 Å². The molecular formula is C29H32F4N4O5. The topological polar surface area (TPSA) is 99.3 Å². The maximum Gasteiger partial charge on any atom is 0.418 e. The number of benzene rings is 2. The molecule has 13 heteroatoms. The summed E-state index contributed by atoms with van der Waals surface area (Å²) in [7, 11) is 3.82. The van der Waals surface area contributed by atoms with E-state index in [0.29, 0.717) is 45.9 Å². The summed E-state index contributed by atoms with van der Waals surface area (Å²) in [6.45, 7) is 0.0660. The Morgan fingerprint density at radius 2 is 1.81 bits per heavy atom. The van der Waals surface area contributed by atoms with Crippen LogP contribution in [0.1, 0.15) is 42.9 Å². The van der Waals surface area contributed by atoms with Gasteiger partial charge in [0.05, 0.1) is 0 Å². The average Bonchev–Trinajstić information content (AvgIpc) is 3.38. The van der Waals surface area contributed by atoms with Crippen LogP contribution in [0.5, 0.6) is 0 Å². The molecule has 1 unspecified atom stereocenters. The van der Waals surface area contributed by atoms with Crippen LogP contribution in [-0.4, -0.2) is 77.9 Å². The first-order chi connectivity index (χ1) is 19.7. The second kappa shape index (κ2) is 12.1. The summed E-state index contributed by atoms with van der Waals surface area (Å²) >= 11 is 0. The number of amides is 4. The van der Waals surface area contributed by atoms with Crippen LogP contribution in [0.25, 0.3) is 0 Å². The van der Waals surface area contributed by atoms with Crippen molar-refractivity contribution >= 4 is 29.5 Å². The van der Waals surface area contributed by atoms with E-state index in [0.717, 1.165) is 25.6 Å². The molecule has 2 aromatic carbocycles. The van der Waals surface area contributed by atoms with E-state index < -0.39 is 54.6 Å². The summed E-state index contributed by atoms with van der Waals surface area (Å²) in [5, 5.41) is 2.81. The number of nitrogens with one attached hydrogen (secondary N) is 1. The fourth-order valence-electron chi connectivity index (χ4n) is 5.14. The highest BCUT2D eigenvalue weighted by molar-refractivity contribution is 6.06. The lowest BCUT2D eigenvalue weighted by Gasteiger charge is -2.31. The molecule has 2 atom stereocenters. The summed E-state index contributed by atoms with van der Waals surface area (Å²) in [5.41, 5.74) is 0.102. The zero-order valence-corrected chi connectivity index (χ0v) is 23.5. The number of fused-ring (bicyclic) bond motifs is 2. The minimum Gasteiger partial charge on any atom is -0.427 e. The van der Waals surface area contributed by atoms with Crippen LogP contribution in [-0.2, 0) is 37.7 Å². The first-order valence-corrected chi connectivity index (χ1v) is 13.4. The molecule has 1 heterocycles. The molecule has 9 nitrogen and oxygen atoms in total. The molecular weight excluding hydrogens is 560 g/mol. The van der Waals surface area contributed by atoms with Crippen molar-refractivity contribution in [1.82, 2.24) is 14.7 Å². The average molecular weight is 593 g/mol. The van der Waals surface area contributed by atoms with Crippen molar-refractivity contribution in [2.75, 3.05) is 32.5 Å². The molecule has 1 aliphatic heterocycles. The molecule has 1 N–H and O–H groups in total. The Morgan fingerprint density at radius 3 is 2.45 bits per heavy atom. The number of aryl methyl sites for hydroxylation is 1. The Bertz CT molecular complexity index is 1360. The lowest BCUT2D eigenvalue weighted by atomic mass is 9.94. The maximum atomic E-state index is 13.6. The summed E-state index contributed by atoms with van der Waals surface area (Å²) in [4.78, 5) is 54.8. The normalized spacial score (nSPS) is 18.8. The first kappa shape index (κ1) is 30.9. The van der Waals surface area contributed by atoms with Gasteiger partial charge in [0, 0.05) is 30.6 Å². The molecule has 226 valence electrons. The second-order valence-corrected chi connectivity index (χ2v) is 10.8. The van der Waals surface area contributed by atoms with Crippen LogP contribution >= 0.6 is 0 Å². The third-order valence-corrected chi connectivity index (χ3v) is 7.47. The van der Waals surface area contributed by atoms with Gasteiger partial charge < -0.3 is 19.9 Å². The van der Waals surface area contributed by atoms with E-state index in [1.54, 1.807) is 18.2 Å². The SMILES string of the molecule is CC(N(Cc1ccc(F)cc1)C(=O)CN1C(=O)O[C@@]2(CCc3cc(NC(=O)CCCN(C)C)ccc32)C1=O)C(F)(F)F. The Hall–Kier alpha value is -4.00. The van der Waals surface area contributed by atoms with E-state index in [1.807, 2.05) is 19.0 Å². The number of rotatable bonds is 10. The van der Waals surface area contributed by atoms with Crippen LogP contribution in [0.4, 0.5) is 28.0 Å². The number of hydrogen-bond acceptors (Lipinski definition) is 6. The van der Waals surface area contributed by atoms with Gasteiger partial charge in [0.15, 0.2) is 0 Å². The van der Waals surface area contributed by atoms with Crippen molar-refractivity contribution in [1.29, 1.82) is 0 Å². The number of imide groups is 1. The van der Waals surface area contributed by atoms with Gasteiger partial charge in [-0.25, -0.2) is 14.1 Å². The summed E-state index contributed by atoms with van der Waals surface area (Å²) in [6, 6.07) is 7.21. The van der Waals surface area contributed by atoms with Crippen LogP contribution < -0.4 is 5.32 Å². The molecule has 1 spiro atoms. The van der Waals surface area contributed by atoms with Crippen LogP contribution in [0.3, 0.4) is 0 Å². The first-order valence-electron chi connectivity index (χ1n) is 13.4. The Kier molecular flexibility index (Phi) is 8.90. The van der Waals surface area contributed by atoms with Gasteiger partial charge in [-0.1, -0.05) is 18.2 Å². The number of carbonyl (C=O) groups excluding carboxylic acids is 4. The van der Waals surface area contributed by atoms with Gasteiger partial charge in [0.25, 0.3) is 5.91 Å². The van der Waals surface area contributed by atoms with Gasteiger partial charge in [0.1, 0.15) is 18.4 Å². The van der Waals surface area contributed by atoms with E-state index >= 15 is 0 Å². The standard InChI is InChI=1S/C29H32F4N4O5/c1-18(29(31,32)33)36(16-19-6-8-21(30)9-7-19)25(39)17-37-26(40)28(42-27(37)41)13-12-20-15-22(10-11-23(20)28)34-24(38)5-4-14-35(2)3/h6-11,15,18H,4-5,12-14,16-17H2,1-3H3,(H,34,38)/t18?,28-/m1/s1. The molecule has 0 radical (unpaired) electrons. The van der Waals surface area contributed by atoms with Crippen molar-refractivity contribution in [3.8, 4) is 0 Å². The summed E-state index contributed by atoms with van der Waals surface area (Å²) in [6.07, 6.45) is -4.52. The molecule has 0 aromatic heterocycles. The van der Waals surface area contributed by atoms with E-state index in [-0.39, 0.29) is 17.9 Å². The number of alkyl halides is 3. The summed E-state index contributed by atoms with van der Waals surface area (Å²) in [5.74, 6) is -2.74. The van der Waals surface area contributed by atoms with Gasteiger partial charge in [-0.3, -0.25) is 14.4 Å². The predicted molar refractivity (Wildman–Crippen MR) is 144 cm³/mol. The number of ether oxygens (including phenoxy) is 1. The molecule has 1 fully saturated rings. The number of nitrogens with zero attached hydrogens (tertiary/aromatic N) is 3. The van der Waals surface area contributed by atoms with Gasteiger partial charge in [-0.2, -0.15) is 13.2 Å².